The number of carboxylic acid groups (broad SMARTS) is 1. The van der Waals surface area contributed by atoms with Gasteiger partial charge in [-0.1, -0.05) is 0 Å². The van der Waals surface area contributed by atoms with Gasteiger partial charge in [-0.3, -0.25) is 14.5 Å². The average molecular weight is 322 g/mol. The highest BCUT2D eigenvalue weighted by molar-refractivity contribution is 7.11. The monoisotopic (exact) mass is 322 g/mol. The molecule has 0 radical (unpaired) electrons. The van der Waals surface area contributed by atoms with Gasteiger partial charge in [0, 0.05) is 42.9 Å². The summed E-state index contributed by atoms with van der Waals surface area (Å²) in [5.74, 6) is -1.43. The molecule has 5 nitrogen and oxygen atoms in total. The van der Waals surface area contributed by atoms with E-state index in [-0.39, 0.29) is 12.3 Å². The average Bonchev–Trinajstić information content (AvgIpc) is 2.99. The SMILES string of the molecule is Cc1ccc(CN2CCC3(CC2)[C@@H](C(=O)O)CC(=O)N3C)s1. The molecule has 0 unspecified atom stereocenters. The largest absolute Gasteiger partial charge is 0.481 e. The lowest BCUT2D eigenvalue weighted by atomic mass is 9.77. The van der Waals surface area contributed by atoms with E-state index in [9.17, 15) is 14.7 Å². The number of carbonyl (C=O) groups excluding carboxylic acids is 1. The minimum atomic E-state index is -0.833. The van der Waals surface area contributed by atoms with Crippen molar-refractivity contribution in [1.82, 2.24) is 9.80 Å². The Bertz CT molecular complexity index is 590. The normalized spacial score (nSPS) is 25.1. The molecule has 3 heterocycles. The predicted molar refractivity (Wildman–Crippen MR) is 84.8 cm³/mol. The zero-order valence-corrected chi connectivity index (χ0v) is 13.9. The zero-order chi connectivity index (χ0) is 15.9. The van der Waals surface area contributed by atoms with Crippen molar-refractivity contribution < 1.29 is 14.7 Å². The summed E-state index contributed by atoms with van der Waals surface area (Å²) in [6, 6.07) is 4.30. The van der Waals surface area contributed by atoms with Crippen LogP contribution in [0.4, 0.5) is 0 Å². The van der Waals surface area contributed by atoms with Gasteiger partial charge in [-0.2, -0.15) is 0 Å². The molecule has 6 heteroatoms. The first-order valence-electron chi connectivity index (χ1n) is 7.69. The number of likely N-dealkylation sites (tertiary alicyclic amines) is 2. The summed E-state index contributed by atoms with van der Waals surface area (Å²) >= 11 is 1.81. The molecule has 1 aromatic rings. The quantitative estimate of drug-likeness (QED) is 0.924. The van der Waals surface area contributed by atoms with Crippen molar-refractivity contribution in [2.75, 3.05) is 20.1 Å². The van der Waals surface area contributed by atoms with E-state index in [1.54, 1.807) is 11.9 Å². The number of carboxylic acids is 1. The Morgan fingerprint density at radius 3 is 2.64 bits per heavy atom. The van der Waals surface area contributed by atoms with Crippen LogP contribution in [-0.2, 0) is 16.1 Å². The fourth-order valence-electron chi connectivity index (χ4n) is 3.87. The molecule has 3 rings (SSSR count). The van der Waals surface area contributed by atoms with Crippen molar-refractivity contribution in [3.05, 3.63) is 21.9 Å². The molecular weight excluding hydrogens is 300 g/mol. The minimum absolute atomic E-state index is 0.0327. The molecule has 2 fully saturated rings. The zero-order valence-electron chi connectivity index (χ0n) is 13.0. The number of hydrogen-bond donors (Lipinski definition) is 1. The second kappa shape index (κ2) is 5.66. The number of nitrogens with zero attached hydrogens (tertiary/aromatic N) is 2. The van der Waals surface area contributed by atoms with Crippen LogP contribution in [0.25, 0.3) is 0 Å². The van der Waals surface area contributed by atoms with Crippen LogP contribution in [0.5, 0.6) is 0 Å². The van der Waals surface area contributed by atoms with E-state index in [1.165, 1.54) is 9.75 Å². The van der Waals surface area contributed by atoms with Crippen LogP contribution in [0.2, 0.25) is 0 Å². The molecule has 2 aliphatic heterocycles. The van der Waals surface area contributed by atoms with E-state index in [0.29, 0.717) is 0 Å². The van der Waals surface area contributed by atoms with Gasteiger partial charge in [0.1, 0.15) is 0 Å². The van der Waals surface area contributed by atoms with Crippen LogP contribution in [-0.4, -0.2) is 52.5 Å². The Balaban J connectivity index is 1.69. The van der Waals surface area contributed by atoms with Crippen LogP contribution in [0.15, 0.2) is 12.1 Å². The molecule has 0 aliphatic carbocycles. The van der Waals surface area contributed by atoms with Crippen molar-refractivity contribution in [2.24, 2.45) is 5.92 Å². The van der Waals surface area contributed by atoms with Crippen LogP contribution < -0.4 is 0 Å². The van der Waals surface area contributed by atoms with Gasteiger partial charge in [0.2, 0.25) is 5.91 Å². The van der Waals surface area contributed by atoms with E-state index in [1.807, 2.05) is 11.3 Å². The molecule has 0 bridgehead atoms. The molecule has 1 amide bonds. The first-order chi connectivity index (χ1) is 10.4. The lowest BCUT2D eigenvalue weighted by molar-refractivity contribution is -0.146. The molecule has 22 heavy (non-hydrogen) atoms. The maximum Gasteiger partial charge on any atom is 0.309 e. The van der Waals surface area contributed by atoms with Gasteiger partial charge in [-0.05, 0) is 31.9 Å². The first-order valence-corrected chi connectivity index (χ1v) is 8.51. The number of rotatable bonds is 3. The molecule has 0 saturated carbocycles. The fraction of sp³-hybridized carbons (Fsp3) is 0.625. The van der Waals surface area contributed by atoms with Crippen molar-refractivity contribution in [3.8, 4) is 0 Å². The highest BCUT2D eigenvalue weighted by atomic mass is 32.1. The summed E-state index contributed by atoms with van der Waals surface area (Å²) < 4.78 is 0. The summed E-state index contributed by atoms with van der Waals surface area (Å²) in [5.41, 5.74) is -0.481. The van der Waals surface area contributed by atoms with E-state index in [2.05, 4.69) is 24.0 Å². The Hall–Kier alpha value is -1.40. The van der Waals surface area contributed by atoms with Crippen molar-refractivity contribution in [1.29, 1.82) is 0 Å². The van der Waals surface area contributed by atoms with E-state index < -0.39 is 17.4 Å². The molecule has 120 valence electrons. The second-order valence-corrected chi connectivity index (χ2v) is 7.81. The van der Waals surface area contributed by atoms with Gasteiger partial charge in [0.25, 0.3) is 0 Å². The highest BCUT2D eigenvalue weighted by Crippen LogP contribution is 2.43. The second-order valence-electron chi connectivity index (χ2n) is 6.44. The number of aryl methyl sites for hydroxylation is 1. The molecular formula is C16H22N2O3S. The number of carbonyl (C=O) groups is 2. The van der Waals surface area contributed by atoms with E-state index in [0.717, 1.165) is 32.5 Å². The molecule has 1 atom stereocenters. The fourth-order valence-corrected chi connectivity index (χ4v) is 4.81. The summed E-state index contributed by atoms with van der Waals surface area (Å²) in [4.78, 5) is 30.3. The minimum Gasteiger partial charge on any atom is -0.481 e. The third kappa shape index (κ3) is 2.54. The number of piperidine rings is 1. The number of aliphatic carboxylic acids is 1. The standard InChI is InChI=1S/C16H22N2O3S/c1-11-3-4-12(22-11)10-18-7-5-16(6-8-18)13(15(20)21)9-14(19)17(16)2/h3-4,13H,5-10H2,1-2H3,(H,20,21)/t13-/m1/s1. The molecule has 2 saturated heterocycles. The lowest BCUT2D eigenvalue weighted by Crippen LogP contribution is -2.55. The molecule has 2 aliphatic rings. The van der Waals surface area contributed by atoms with Gasteiger partial charge in [0.05, 0.1) is 11.5 Å². The smallest absolute Gasteiger partial charge is 0.309 e. The third-order valence-electron chi connectivity index (χ3n) is 5.26. The maximum absolute atomic E-state index is 12.0. The van der Waals surface area contributed by atoms with Crippen LogP contribution in [0.3, 0.4) is 0 Å². The third-order valence-corrected chi connectivity index (χ3v) is 6.25. The first kappa shape index (κ1) is 15.5. The summed E-state index contributed by atoms with van der Waals surface area (Å²) in [6.45, 7) is 4.72. The number of hydrogen-bond acceptors (Lipinski definition) is 4. The van der Waals surface area contributed by atoms with E-state index in [4.69, 9.17) is 0 Å². The topological polar surface area (TPSA) is 60.9 Å². The van der Waals surface area contributed by atoms with Gasteiger partial charge >= 0.3 is 5.97 Å². The Morgan fingerprint density at radius 2 is 2.09 bits per heavy atom. The van der Waals surface area contributed by atoms with Crippen molar-refractivity contribution in [3.63, 3.8) is 0 Å². The maximum atomic E-state index is 12.0. The van der Waals surface area contributed by atoms with Gasteiger partial charge < -0.3 is 10.0 Å². The van der Waals surface area contributed by atoms with Crippen molar-refractivity contribution >= 4 is 23.2 Å². The summed E-state index contributed by atoms with van der Waals surface area (Å²) in [7, 11) is 1.77. The van der Waals surface area contributed by atoms with Crippen LogP contribution in [0, 0.1) is 12.8 Å². The summed E-state index contributed by atoms with van der Waals surface area (Å²) in [6.07, 6.45) is 1.64. The Morgan fingerprint density at radius 1 is 1.41 bits per heavy atom. The number of thiophene rings is 1. The molecule has 1 spiro atoms. The van der Waals surface area contributed by atoms with Crippen LogP contribution in [0.1, 0.15) is 29.0 Å². The van der Waals surface area contributed by atoms with E-state index >= 15 is 0 Å². The molecule has 1 aromatic heterocycles. The molecule has 1 N–H and O–H groups in total. The predicted octanol–water partition coefficient (Wildman–Crippen LogP) is 1.95. The molecule has 0 aromatic carbocycles. The number of amides is 1. The summed E-state index contributed by atoms with van der Waals surface area (Å²) in [5, 5.41) is 9.48. The highest BCUT2D eigenvalue weighted by Gasteiger charge is 2.55. The Labute approximate surface area is 134 Å². The lowest BCUT2D eigenvalue weighted by Gasteiger charge is -2.45. The Kier molecular flexibility index (Phi) is 3.99. The van der Waals surface area contributed by atoms with Gasteiger partial charge in [-0.15, -0.1) is 11.3 Å². The van der Waals surface area contributed by atoms with Crippen molar-refractivity contribution in [2.45, 2.75) is 38.3 Å². The van der Waals surface area contributed by atoms with Crippen LogP contribution >= 0.6 is 11.3 Å². The van der Waals surface area contributed by atoms with Gasteiger partial charge in [0.15, 0.2) is 0 Å². The van der Waals surface area contributed by atoms with Gasteiger partial charge in [-0.25, -0.2) is 0 Å².